The second kappa shape index (κ2) is 12.7. The Morgan fingerprint density at radius 3 is 2.31 bits per heavy atom. The van der Waals surface area contributed by atoms with E-state index in [9.17, 15) is 18.0 Å². The first-order valence-corrected chi connectivity index (χ1v) is 14.0. The molecule has 35 heavy (non-hydrogen) atoms. The quantitative estimate of drug-likeness (QED) is 0.473. The van der Waals surface area contributed by atoms with Crippen LogP contribution in [0.4, 0.5) is 5.69 Å². The van der Waals surface area contributed by atoms with Gasteiger partial charge < -0.3 is 10.2 Å². The minimum Gasteiger partial charge on any atom is -0.352 e. The molecule has 0 radical (unpaired) electrons. The summed E-state index contributed by atoms with van der Waals surface area (Å²) < 4.78 is 26.3. The van der Waals surface area contributed by atoms with Crippen LogP contribution >= 0.6 is 0 Å². The largest absolute Gasteiger partial charge is 0.352 e. The second-order valence-electron chi connectivity index (χ2n) is 9.23. The summed E-state index contributed by atoms with van der Waals surface area (Å²) in [5.41, 5.74) is 3.48. The van der Waals surface area contributed by atoms with Crippen LogP contribution in [0.1, 0.15) is 56.7 Å². The highest BCUT2D eigenvalue weighted by atomic mass is 32.2. The maximum atomic E-state index is 13.3. The van der Waals surface area contributed by atoms with Crippen LogP contribution in [0.3, 0.4) is 0 Å². The molecule has 0 aliphatic rings. The molecule has 2 aromatic rings. The van der Waals surface area contributed by atoms with Crippen molar-refractivity contribution in [2.24, 2.45) is 0 Å². The molecule has 192 valence electrons. The minimum atomic E-state index is -3.51. The summed E-state index contributed by atoms with van der Waals surface area (Å²) in [6.07, 6.45) is 2.44. The number of carbonyl (C=O) groups is 2. The molecular weight excluding hydrogens is 462 g/mol. The van der Waals surface area contributed by atoms with Crippen LogP contribution in [-0.2, 0) is 26.2 Å². The van der Waals surface area contributed by atoms with Crippen molar-refractivity contribution in [3.05, 3.63) is 65.2 Å². The summed E-state index contributed by atoms with van der Waals surface area (Å²) in [5, 5.41) is 2.96. The number of para-hydroxylation sites is 1. The molecule has 0 fully saturated rings. The number of amides is 2. The SMILES string of the molecule is CC[C@@H](C)NC(=O)[C@@H](C)N(Cc1cccc(C)c1)C(=O)CCCN(c1ccccc1C)S(C)(=O)=O. The Balaban J connectivity index is 2.18. The fourth-order valence-electron chi connectivity index (χ4n) is 3.88. The molecule has 1 N–H and O–H groups in total. The Labute approximate surface area is 210 Å². The van der Waals surface area contributed by atoms with E-state index >= 15 is 0 Å². The highest BCUT2D eigenvalue weighted by Gasteiger charge is 2.27. The molecule has 0 aliphatic carbocycles. The molecule has 2 amide bonds. The highest BCUT2D eigenvalue weighted by Crippen LogP contribution is 2.23. The summed E-state index contributed by atoms with van der Waals surface area (Å²) in [4.78, 5) is 27.8. The maximum absolute atomic E-state index is 13.3. The standard InChI is InChI=1S/C27H39N3O4S/c1-7-22(4)28-27(32)23(5)29(19-24-14-10-12-20(2)18-24)26(31)16-11-17-30(35(6,33)34)25-15-9-8-13-21(25)3/h8-10,12-15,18,22-23H,7,11,16-17,19H2,1-6H3,(H,28,32)/t22-,23-/m1/s1. The molecule has 2 atom stereocenters. The Bertz CT molecular complexity index is 1120. The summed E-state index contributed by atoms with van der Waals surface area (Å²) in [7, 11) is -3.51. The number of hydrogen-bond acceptors (Lipinski definition) is 4. The number of nitrogens with one attached hydrogen (secondary N) is 1. The third-order valence-electron chi connectivity index (χ3n) is 6.14. The molecule has 0 aliphatic heterocycles. The van der Waals surface area contributed by atoms with Gasteiger partial charge in [0, 0.05) is 25.6 Å². The summed E-state index contributed by atoms with van der Waals surface area (Å²) >= 11 is 0. The summed E-state index contributed by atoms with van der Waals surface area (Å²) in [6, 6.07) is 14.5. The van der Waals surface area contributed by atoms with Crippen molar-refractivity contribution in [1.29, 1.82) is 0 Å². The predicted molar refractivity (Wildman–Crippen MR) is 142 cm³/mol. The number of rotatable bonds is 12. The van der Waals surface area contributed by atoms with E-state index in [0.717, 1.165) is 23.1 Å². The highest BCUT2D eigenvalue weighted by molar-refractivity contribution is 7.92. The lowest BCUT2D eigenvalue weighted by Gasteiger charge is -2.30. The smallest absolute Gasteiger partial charge is 0.242 e. The van der Waals surface area contributed by atoms with Gasteiger partial charge in [-0.05, 0) is 57.7 Å². The number of nitrogens with zero attached hydrogens (tertiary/aromatic N) is 2. The monoisotopic (exact) mass is 501 g/mol. The van der Waals surface area contributed by atoms with Crippen molar-refractivity contribution >= 4 is 27.5 Å². The van der Waals surface area contributed by atoms with Gasteiger partial charge in [-0.15, -0.1) is 0 Å². The molecule has 2 aromatic carbocycles. The van der Waals surface area contributed by atoms with Crippen molar-refractivity contribution in [2.45, 2.75) is 72.5 Å². The van der Waals surface area contributed by atoms with Gasteiger partial charge >= 0.3 is 0 Å². The lowest BCUT2D eigenvalue weighted by atomic mass is 10.1. The van der Waals surface area contributed by atoms with Crippen molar-refractivity contribution in [3.63, 3.8) is 0 Å². The zero-order chi connectivity index (χ0) is 26.2. The predicted octanol–water partition coefficient (Wildman–Crippen LogP) is 4.18. The van der Waals surface area contributed by atoms with Crippen LogP contribution < -0.4 is 9.62 Å². The van der Waals surface area contributed by atoms with Crippen molar-refractivity contribution in [2.75, 3.05) is 17.1 Å². The van der Waals surface area contributed by atoms with Gasteiger partial charge in [-0.2, -0.15) is 0 Å². The molecule has 2 rings (SSSR count). The number of aryl methyl sites for hydroxylation is 2. The number of carbonyl (C=O) groups excluding carboxylic acids is 2. The third-order valence-corrected chi connectivity index (χ3v) is 7.32. The van der Waals surface area contributed by atoms with Gasteiger partial charge in [0.25, 0.3) is 0 Å². The first-order valence-electron chi connectivity index (χ1n) is 12.1. The zero-order valence-electron chi connectivity index (χ0n) is 21.7. The molecule has 0 spiro atoms. The van der Waals surface area contributed by atoms with Crippen LogP contribution in [-0.4, -0.2) is 50.0 Å². The van der Waals surface area contributed by atoms with Gasteiger partial charge in [0.1, 0.15) is 6.04 Å². The molecule has 0 bridgehead atoms. The van der Waals surface area contributed by atoms with E-state index in [1.165, 1.54) is 10.6 Å². The van der Waals surface area contributed by atoms with Crippen LogP contribution in [0.25, 0.3) is 0 Å². The Morgan fingerprint density at radius 1 is 1.03 bits per heavy atom. The Morgan fingerprint density at radius 2 is 1.71 bits per heavy atom. The average molecular weight is 502 g/mol. The van der Waals surface area contributed by atoms with Gasteiger partial charge in [0.15, 0.2) is 0 Å². The molecule has 0 heterocycles. The topological polar surface area (TPSA) is 86.8 Å². The molecule has 7 nitrogen and oxygen atoms in total. The minimum absolute atomic E-state index is 0.0123. The van der Waals surface area contributed by atoms with Crippen LogP contribution in [0.15, 0.2) is 48.5 Å². The zero-order valence-corrected chi connectivity index (χ0v) is 22.6. The third kappa shape index (κ3) is 8.38. The molecule has 0 aromatic heterocycles. The number of hydrogen-bond donors (Lipinski definition) is 1. The lowest BCUT2D eigenvalue weighted by Crippen LogP contribution is -2.49. The maximum Gasteiger partial charge on any atom is 0.242 e. The van der Waals surface area contributed by atoms with E-state index in [0.29, 0.717) is 18.7 Å². The van der Waals surface area contributed by atoms with Gasteiger partial charge in [-0.3, -0.25) is 13.9 Å². The molecule has 8 heteroatoms. The van der Waals surface area contributed by atoms with Crippen molar-refractivity contribution in [3.8, 4) is 0 Å². The first kappa shape index (κ1) is 28.4. The fourth-order valence-corrected chi connectivity index (χ4v) is 4.90. The molecule has 0 unspecified atom stereocenters. The van der Waals surface area contributed by atoms with Crippen LogP contribution in [0.5, 0.6) is 0 Å². The van der Waals surface area contributed by atoms with E-state index in [1.54, 1.807) is 24.0 Å². The molecule has 0 saturated heterocycles. The molecule has 0 saturated carbocycles. The van der Waals surface area contributed by atoms with E-state index in [-0.39, 0.29) is 30.8 Å². The van der Waals surface area contributed by atoms with Gasteiger partial charge in [0.05, 0.1) is 11.9 Å². The van der Waals surface area contributed by atoms with Crippen molar-refractivity contribution in [1.82, 2.24) is 10.2 Å². The summed E-state index contributed by atoms with van der Waals surface area (Å²) in [5.74, 6) is -0.380. The number of sulfonamides is 1. The van der Waals surface area contributed by atoms with Crippen LogP contribution in [0.2, 0.25) is 0 Å². The van der Waals surface area contributed by atoms with E-state index in [4.69, 9.17) is 0 Å². The normalized spacial score (nSPS) is 13.1. The van der Waals surface area contributed by atoms with E-state index in [1.807, 2.05) is 64.1 Å². The van der Waals surface area contributed by atoms with Gasteiger partial charge in [-0.1, -0.05) is 55.0 Å². The van der Waals surface area contributed by atoms with Crippen molar-refractivity contribution < 1.29 is 18.0 Å². The van der Waals surface area contributed by atoms with E-state index in [2.05, 4.69) is 5.32 Å². The van der Waals surface area contributed by atoms with Gasteiger partial charge in [0.2, 0.25) is 21.8 Å². The lowest BCUT2D eigenvalue weighted by molar-refractivity contribution is -0.140. The Kier molecular flexibility index (Phi) is 10.3. The second-order valence-corrected chi connectivity index (χ2v) is 11.1. The molecular formula is C27H39N3O4S. The number of anilines is 1. The van der Waals surface area contributed by atoms with Crippen LogP contribution in [0, 0.1) is 13.8 Å². The fraction of sp³-hybridized carbons (Fsp3) is 0.481. The number of benzene rings is 2. The average Bonchev–Trinajstić information content (AvgIpc) is 2.79. The van der Waals surface area contributed by atoms with E-state index < -0.39 is 16.1 Å². The van der Waals surface area contributed by atoms with Gasteiger partial charge in [-0.25, -0.2) is 8.42 Å². The first-order chi connectivity index (χ1) is 16.4. The summed E-state index contributed by atoms with van der Waals surface area (Å²) in [6.45, 7) is 10.0. The Hall–Kier alpha value is -2.87.